The van der Waals surface area contributed by atoms with Gasteiger partial charge in [-0.15, -0.1) is 11.3 Å². The first-order chi connectivity index (χ1) is 12.3. The van der Waals surface area contributed by atoms with Crippen molar-refractivity contribution in [2.75, 3.05) is 31.2 Å². The summed E-state index contributed by atoms with van der Waals surface area (Å²) in [6, 6.07) is 5.42. The monoisotopic (exact) mass is 353 g/mol. The number of hydrogen-bond acceptors (Lipinski definition) is 5. The molecule has 3 aromatic rings. The second-order valence-electron chi connectivity index (χ2n) is 6.20. The van der Waals surface area contributed by atoms with Gasteiger partial charge in [-0.05, 0) is 41.1 Å². The van der Waals surface area contributed by atoms with Crippen LogP contribution in [0.25, 0.3) is 27.6 Å². The zero-order valence-corrected chi connectivity index (χ0v) is 14.4. The van der Waals surface area contributed by atoms with Crippen LogP contribution in [0.3, 0.4) is 0 Å². The number of morpholine rings is 1. The summed E-state index contributed by atoms with van der Waals surface area (Å²) in [4.78, 5) is 11.8. The van der Waals surface area contributed by atoms with Crippen molar-refractivity contribution in [2.45, 2.75) is 6.42 Å². The van der Waals surface area contributed by atoms with Gasteiger partial charge < -0.3 is 9.64 Å². The molecule has 1 aliphatic heterocycles. The Morgan fingerprint density at radius 3 is 2.88 bits per heavy atom. The van der Waals surface area contributed by atoms with Crippen molar-refractivity contribution < 1.29 is 9.13 Å². The molecule has 0 unspecified atom stereocenters. The summed E-state index contributed by atoms with van der Waals surface area (Å²) in [6.07, 6.45) is 4.65. The molecule has 2 aliphatic rings. The number of anilines is 1. The van der Waals surface area contributed by atoms with Crippen LogP contribution in [0.5, 0.6) is 0 Å². The van der Waals surface area contributed by atoms with Crippen molar-refractivity contribution >= 4 is 33.6 Å². The molecule has 25 heavy (non-hydrogen) atoms. The highest BCUT2D eigenvalue weighted by atomic mass is 32.1. The van der Waals surface area contributed by atoms with Gasteiger partial charge in [-0.2, -0.15) is 0 Å². The summed E-state index contributed by atoms with van der Waals surface area (Å²) in [7, 11) is 0. The van der Waals surface area contributed by atoms with E-state index in [9.17, 15) is 4.39 Å². The molecule has 0 spiro atoms. The highest BCUT2D eigenvalue weighted by molar-refractivity contribution is 7.17. The minimum absolute atomic E-state index is 0.145. The van der Waals surface area contributed by atoms with Crippen LogP contribution in [0.1, 0.15) is 11.1 Å². The quantitative estimate of drug-likeness (QED) is 0.700. The largest absolute Gasteiger partial charge is 0.378 e. The fourth-order valence-electron chi connectivity index (χ4n) is 3.48. The maximum Gasteiger partial charge on any atom is 0.226 e. The third kappa shape index (κ3) is 2.44. The molecule has 1 saturated heterocycles. The number of rotatable bonds is 2. The van der Waals surface area contributed by atoms with Gasteiger partial charge >= 0.3 is 0 Å². The Hall–Kier alpha value is -2.31. The molecule has 0 amide bonds. The van der Waals surface area contributed by atoms with Gasteiger partial charge in [0.05, 0.1) is 29.1 Å². The summed E-state index contributed by atoms with van der Waals surface area (Å²) in [5.41, 5.74) is 4.52. The van der Waals surface area contributed by atoms with Crippen LogP contribution < -0.4 is 4.90 Å². The molecular weight excluding hydrogens is 337 g/mol. The summed E-state index contributed by atoms with van der Waals surface area (Å²) < 4.78 is 20.6. The first kappa shape index (κ1) is 15.0. The van der Waals surface area contributed by atoms with Crippen LogP contribution in [0.2, 0.25) is 0 Å². The maximum atomic E-state index is 14.1. The van der Waals surface area contributed by atoms with E-state index in [0.717, 1.165) is 51.6 Å². The molecule has 4 nitrogen and oxygen atoms in total. The van der Waals surface area contributed by atoms with Crippen molar-refractivity contribution in [3.63, 3.8) is 0 Å². The Labute approximate surface area is 148 Å². The van der Waals surface area contributed by atoms with E-state index in [1.54, 1.807) is 17.4 Å². The van der Waals surface area contributed by atoms with Crippen molar-refractivity contribution in [3.05, 3.63) is 46.6 Å². The Kier molecular flexibility index (Phi) is 3.53. The summed E-state index contributed by atoms with van der Waals surface area (Å²) in [5, 5.41) is 2.03. The summed E-state index contributed by atoms with van der Waals surface area (Å²) in [6.45, 7) is 2.96. The number of hydrogen-bond donors (Lipinski definition) is 0. The van der Waals surface area contributed by atoms with E-state index in [1.165, 1.54) is 0 Å². The SMILES string of the molecule is Fc1ccc(-c2nc(N3CCOCC3)nc3ccsc23)c2c1CC=C2. The number of fused-ring (bicyclic) bond motifs is 2. The summed E-state index contributed by atoms with van der Waals surface area (Å²) >= 11 is 1.63. The normalized spacial score (nSPS) is 16.6. The molecule has 1 aliphatic carbocycles. The van der Waals surface area contributed by atoms with Crippen molar-refractivity contribution in [3.8, 4) is 11.3 Å². The van der Waals surface area contributed by atoms with Gasteiger partial charge in [-0.3, -0.25) is 0 Å². The Bertz CT molecular complexity index is 992. The number of allylic oxidation sites excluding steroid dienone is 1. The molecule has 0 bridgehead atoms. The number of ether oxygens (including phenoxy) is 1. The van der Waals surface area contributed by atoms with Gasteiger partial charge in [0.15, 0.2) is 0 Å². The fraction of sp³-hybridized carbons (Fsp3) is 0.263. The van der Waals surface area contributed by atoms with Crippen LogP contribution in [0, 0.1) is 5.82 Å². The lowest BCUT2D eigenvalue weighted by molar-refractivity contribution is 0.122. The number of benzene rings is 1. The average Bonchev–Trinajstić information content (AvgIpc) is 3.32. The van der Waals surface area contributed by atoms with E-state index < -0.39 is 0 Å². The molecule has 1 aromatic carbocycles. The second kappa shape index (κ2) is 5.89. The molecule has 1 fully saturated rings. The van der Waals surface area contributed by atoms with Gasteiger partial charge in [0.25, 0.3) is 0 Å². The summed E-state index contributed by atoms with van der Waals surface area (Å²) in [5.74, 6) is 0.581. The van der Waals surface area contributed by atoms with Gasteiger partial charge in [-0.25, -0.2) is 14.4 Å². The first-order valence-electron chi connectivity index (χ1n) is 8.37. The minimum atomic E-state index is -0.145. The Morgan fingerprint density at radius 2 is 2.00 bits per heavy atom. The molecular formula is C19H16FN3OS. The third-order valence-electron chi connectivity index (χ3n) is 4.75. The van der Waals surface area contributed by atoms with Crippen molar-refractivity contribution in [2.24, 2.45) is 0 Å². The highest BCUT2D eigenvalue weighted by Crippen LogP contribution is 2.37. The third-order valence-corrected chi connectivity index (χ3v) is 5.66. The van der Waals surface area contributed by atoms with Crippen molar-refractivity contribution in [1.82, 2.24) is 9.97 Å². The predicted molar refractivity (Wildman–Crippen MR) is 98.6 cm³/mol. The average molecular weight is 353 g/mol. The number of halogens is 1. The molecule has 0 saturated carbocycles. The fourth-order valence-corrected chi connectivity index (χ4v) is 4.31. The van der Waals surface area contributed by atoms with Crippen LogP contribution >= 0.6 is 11.3 Å². The first-order valence-corrected chi connectivity index (χ1v) is 9.25. The van der Waals surface area contributed by atoms with Crippen molar-refractivity contribution in [1.29, 1.82) is 0 Å². The molecule has 5 rings (SSSR count). The Morgan fingerprint density at radius 1 is 1.12 bits per heavy atom. The molecule has 0 N–H and O–H groups in total. The molecule has 6 heteroatoms. The second-order valence-corrected chi connectivity index (χ2v) is 7.12. The smallest absolute Gasteiger partial charge is 0.226 e. The van der Waals surface area contributed by atoms with E-state index in [0.29, 0.717) is 19.6 Å². The van der Waals surface area contributed by atoms with E-state index in [1.807, 2.05) is 29.7 Å². The number of nitrogens with zero attached hydrogens (tertiary/aromatic N) is 3. The van der Waals surface area contributed by atoms with Crippen LogP contribution in [0.4, 0.5) is 10.3 Å². The molecule has 126 valence electrons. The lowest BCUT2D eigenvalue weighted by Gasteiger charge is -2.27. The van der Waals surface area contributed by atoms with Gasteiger partial charge in [0.2, 0.25) is 5.95 Å². The zero-order valence-electron chi connectivity index (χ0n) is 13.5. The topological polar surface area (TPSA) is 38.2 Å². The van der Waals surface area contributed by atoms with E-state index >= 15 is 0 Å². The molecule has 3 heterocycles. The predicted octanol–water partition coefficient (Wildman–Crippen LogP) is 3.90. The molecule has 2 aromatic heterocycles. The number of aromatic nitrogens is 2. The van der Waals surface area contributed by atoms with E-state index in [4.69, 9.17) is 14.7 Å². The zero-order chi connectivity index (χ0) is 16.8. The van der Waals surface area contributed by atoms with Crippen LogP contribution in [-0.4, -0.2) is 36.3 Å². The van der Waals surface area contributed by atoms with Gasteiger partial charge in [0.1, 0.15) is 5.82 Å². The van der Waals surface area contributed by atoms with Gasteiger partial charge in [-0.1, -0.05) is 12.2 Å². The Balaban J connectivity index is 1.72. The minimum Gasteiger partial charge on any atom is -0.378 e. The molecule has 0 radical (unpaired) electrons. The van der Waals surface area contributed by atoms with Crippen LogP contribution in [0.15, 0.2) is 29.7 Å². The highest BCUT2D eigenvalue weighted by Gasteiger charge is 2.22. The lowest BCUT2D eigenvalue weighted by Crippen LogP contribution is -2.37. The maximum absolute atomic E-state index is 14.1. The van der Waals surface area contributed by atoms with E-state index in [2.05, 4.69) is 4.90 Å². The lowest BCUT2D eigenvalue weighted by atomic mass is 10.00. The number of thiophene rings is 1. The standard InChI is InChI=1S/C19H16FN3OS/c20-15-5-4-14(12-2-1-3-13(12)15)17-18-16(6-11-25-18)21-19(22-17)23-7-9-24-10-8-23/h1-2,4-6,11H,3,7-10H2. The van der Waals surface area contributed by atoms with Crippen LogP contribution in [-0.2, 0) is 11.2 Å². The molecule has 0 atom stereocenters. The van der Waals surface area contributed by atoms with E-state index in [-0.39, 0.29) is 5.82 Å². The van der Waals surface area contributed by atoms with Gasteiger partial charge in [0, 0.05) is 18.7 Å².